The van der Waals surface area contributed by atoms with Gasteiger partial charge >= 0.3 is 0 Å². The Labute approximate surface area is 139 Å². The molecule has 2 rings (SSSR count). The van der Waals surface area contributed by atoms with E-state index in [4.69, 9.17) is 16.3 Å². The van der Waals surface area contributed by atoms with Gasteiger partial charge in [0, 0.05) is 17.6 Å². The minimum Gasteiger partial charge on any atom is -0.481 e. The standard InChI is InChI=1S/C16H18ClN3O3/c1-10(2)20-14(21)8-19-15(22)9-23-13-6-5-12(17)11-4-3-7-18-16(11)13/h3-7,10H,8-9H2,1-2H3,(H,19,22)(H,20,21). The molecule has 0 fully saturated rings. The Kier molecular flexibility index (Phi) is 5.76. The quantitative estimate of drug-likeness (QED) is 0.845. The fraction of sp³-hybridized carbons (Fsp3) is 0.312. The molecule has 0 aliphatic rings. The first kappa shape index (κ1) is 17.0. The van der Waals surface area contributed by atoms with Crippen LogP contribution in [0, 0.1) is 0 Å². The first-order valence-corrected chi connectivity index (χ1v) is 7.57. The maximum atomic E-state index is 11.7. The van der Waals surface area contributed by atoms with Gasteiger partial charge in [0.25, 0.3) is 5.91 Å². The molecular weight excluding hydrogens is 318 g/mol. The molecule has 1 aromatic carbocycles. The van der Waals surface area contributed by atoms with Gasteiger partial charge in [-0.05, 0) is 38.1 Å². The normalized spacial score (nSPS) is 10.6. The van der Waals surface area contributed by atoms with Gasteiger partial charge in [-0.3, -0.25) is 14.6 Å². The van der Waals surface area contributed by atoms with E-state index in [0.29, 0.717) is 16.3 Å². The number of rotatable bonds is 6. The molecule has 0 saturated heterocycles. The number of hydrogen-bond acceptors (Lipinski definition) is 4. The van der Waals surface area contributed by atoms with Crippen LogP contribution in [0.3, 0.4) is 0 Å². The molecule has 6 nitrogen and oxygen atoms in total. The van der Waals surface area contributed by atoms with Crippen molar-refractivity contribution in [2.75, 3.05) is 13.2 Å². The maximum Gasteiger partial charge on any atom is 0.258 e. The molecule has 1 aromatic heterocycles. The van der Waals surface area contributed by atoms with Gasteiger partial charge < -0.3 is 15.4 Å². The van der Waals surface area contributed by atoms with E-state index in [1.807, 2.05) is 19.9 Å². The molecule has 0 spiro atoms. The first-order valence-electron chi connectivity index (χ1n) is 7.19. The summed E-state index contributed by atoms with van der Waals surface area (Å²) in [7, 11) is 0. The van der Waals surface area contributed by atoms with Gasteiger partial charge in [0.1, 0.15) is 11.3 Å². The number of aromatic nitrogens is 1. The predicted molar refractivity (Wildman–Crippen MR) is 88.5 cm³/mol. The summed E-state index contributed by atoms with van der Waals surface area (Å²) in [6.45, 7) is 3.41. The molecule has 23 heavy (non-hydrogen) atoms. The van der Waals surface area contributed by atoms with E-state index in [1.54, 1.807) is 24.4 Å². The molecule has 122 valence electrons. The van der Waals surface area contributed by atoms with Gasteiger partial charge in [-0.1, -0.05) is 11.6 Å². The SMILES string of the molecule is CC(C)NC(=O)CNC(=O)COc1ccc(Cl)c2cccnc12. The van der Waals surface area contributed by atoms with E-state index in [1.165, 1.54) is 0 Å². The highest BCUT2D eigenvalue weighted by Gasteiger charge is 2.10. The van der Waals surface area contributed by atoms with Crippen LogP contribution in [0.2, 0.25) is 5.02 Å². The van der Waals surface area contributed by atoms with Gasteiger partial charge in [-0.15, -0.1) is 0 Å². The number of amides is 2. The molecule has 0 aliphatic carbocycles. The second-order valence-corrected chi connectivity index (χ2v) is 5.64. The molecule has 2 N–H and O–H groups in total. The lowest BCUT2D eigenvalue weighted by Crippen LogP contribution is -2.41. The highest BCUT2D eigenvalue weighted by molar-refractivity contribution is 6.35. The molecule has 0 saturated carbocycles. The molecule has 0 atom stereocenters. The van der Waals surface area contributed by atoms with E-state index in [-0.39, 0.29) is 31.0 Å². The number of carbonyl (C=O) groups is 2. The largest absolute Gasteiger partial charge is 0.481 e. The fourth-order valence-corrected chi connectivity index (χ4v) is 2.19. The lowest BCUT2D eigenvalue weighted by atomic mass is 10.2. The summed E-state index contributed by atoms with van der Waals surface area (Å²) in [5.41, 5.74) is 0.588. The number of pyridine rings is 1. The molecule has 2 amide bonds. The van der Waals surface area contributed by atoms with Crippen LogP contribution in [-0.2, 0) is 9.59 Å². The second kappa shape index (κ2) is 7.78. The first-order chi connectivity index (χ1) is 11.0. The number of ether oxygens (including phenoxy) is 1. The molecule has 0 radical (unpaired) electrons. The van der Waals surface area contributed by atoms with Crippen molar-refractivity contribution in [1.82, 2.24) is 15.6 Å². The number of fused-ring (bicyclic) bond motifs is 1. The minimum atomic E-state index is -0.386. The van der Waals surface area contributed by atoms with Gasteiger partial charge in [0.2, 0.25) is 5.91 Å². The zero-order valence-electron chi connectivity index (χ0n) is 12.9. The summed E-state index contributed by atoms with van der Waals surface area (Å²) in [5, 5.41) is 6.50. The number of halogens is 1. The molecule has 1 heterocycles. The lowest BCUT2D eigenvalue weighted by Gasteiger charge is -2.11. The van der Waals surface area contributed by atoms with Crippen LogP contribution in [0.15, 0.2) is 30.5 Å². The number of nitrogens with zero attached hydrogens (tertiary/aromatic N) is 1. The third-order valence-corrected chi connectivity index (χ3v) is 3.26. The van der Waals surface area contributed by atoms with Crippen molar-refractivity contribution in [3.8, 4) is 5.75 Å². The van der Waals surface area contributed by atoms with Crippen LogP contribution < -0.4 is 15.4 Å². The van der Waals surface area contributed by atoms with Crippen molar-refractivity contribution in [3.05, 3.63) is 35.5 Å². The average molecular weight is 336 g/mol. The summed E-state index contributed by atoms with van der Waals surface area (Å²) in [6, 6.07) is 6.99. The van der Waals surface area contributed by atoms with Crippen molar-refractivity contribution < 1.29 is 14.3 Å². The minimum absolute atomic E-state index is 0.0298. The predicted octanol–water partition coefficient (Wildman–Crippen LogP) is 1.91. The Balaban J connectivity index is 1.92. The van der Waals surface area contributed by atoms with Crippen molar-refractivity contribution in [2.45, 2.75) is 19.9 Å². The van der Waals surface area contributed by atoms with E-state index in [2.05, 4.69) is 15.6 Å². The molecule has 0 bridgehead atoms. The van der Waals surface area contributed by atoms with E-state index >= 15 is 0 Å². The summed E-state index contributed by atoms with van der Waals surface area (Å²) < 4.78 is 5.48. The van der Waals surface area contributed by atoms with Crippen LogP contribution in [0.25, 0.3) is 10.9 Å². The van der Waals surface area contributed by atoms with Crippen LogP contribution in [0.4, 0.5) is 0 Å². The fourth-order valence-electron chi connectivity index (χ4n) is 1.97. The number of hydrogen-bond donors (Lipinski definition) is 2. The second-order valence-electron chi connectivity index (χ2n) is 5.23. The van der Waals surface area contributed by atoms with Gasteiger partial charge in [-0.2, -0.15) is 0 Å². The Morgan fingerprint density at radius 1 is 1.26 bits per heavy atom. The van der Waals surface area contributed by atoms with Gasteiger partial charge in [0.05, 0.1) is 11.6 Å². The number of carbonyl (C=O) groups excluding carboxylic acids is 2. The van der Waals surface area contributed by atoms with Crippen LogP contribution in [-0.4, -0.2) is 36.0 Å². The van der Waals surface area contributed by atoms with E-state index in [0.717, 1.165) is 5.39 Å². The smallest absolute Gasteiger partial charge is 0.258 e. The Morgan fingerprint density at radius 3 is 2.78 bits per heavy atom. The van der Waals surface area contributed by atoms with Crippen molar-refractivity contribution in [2.24, 2.45) is 0 Å². The Hall–Kier alpha value is -2.34. The van der Waals surface area contributed by atoms with Crippen molar-refractivity contribution >= 4 is 34.3 Å². The summed E-state index contributed by atoms with van der Waals surface area (Å²) in [5.74, 6) is -0.165. The Morgan fingerprint density at radius 2 is 2.04 bits per heavy atom. The molecular formula is C16H18ClN3O3. The molecule has 7 heteroatoms. The van der Waals surface area contributed by atoms with E-state index < -0.39 is 0 Å². The van der Waals surface area contributed by atoms with Gasteiger partial charge in [-0.25, -0.2) is 0 Å². The van der Waals surface area contributed by atoms with Crippen molar-refractivity contribution in [3.63, 3.8) is 0 Å². The zero-order chi connectivity index (χ0) is 16.8. The van der Waals surface area contributed by atoms with Crippen LogP contribution in [0.1, 0.15) is 13.8 Å². The maximum absolute atomic E-state index is 11.7. The van der Waals surface area contributed by atoms with E-state index in [9.17, 15) is 9.59 Å². The Bertz CT molecular complexity index is 719. The van der Waals surface area contributed by atoms with Crippen LogP contribution >= 0.6 is 11.6 Å². The van der Waals surface area contributed by atoms with Crippen LogP contribution in [0.5, 0.6) is 5.75 Å². The highest BCUT2D eigenvalue weighted by Crippen LogP contribution is 2.29. The molecule has 2 aromatic rings. The van der Waals surface area contributed by atoms with Crippen molar-refractivity contribution in [1.29, 1.82) is 0 Å². The molecule has 0 aliphatic heterocycles. The third-order valence-electron chi connectivity index (χ3n) is 2.93. The summed E-state index contributed by atoms with van der Waals surface area (Å²) in [6.07, 6.45) is 1.63. The monoisotopic (exact) mass is 335 g/mol. The summed E-state index contributed by atoms with van der Waals surface area (Å²) >= 11 is 6.10. The number of benzene rings is 1. The topological polar surface area (TPSA) is 80.3 Å². The average Bonchev–Trinajstić information content (AvgIpc) is 2.52. The van der Waals surface area contributed by atoms with Gasteiger partial charge in [0.15, 0.2) is 6.61 Å². The highest BCUT2D eigenvalue weighted by atomic mass is 35.5. The summed E-state index contributed by atoms with van der Waals surface area (Å²) in [4.78, 5) is 27.4. The zero-order valence-corrected chi connectivity index (χ0v) is 13.7. The third kappa shape index (κ3) is 4.82. The number of nitrogens with one attached hydrogen (secondary N) is 2. The molecule has 0 unspecified atom stereocenters. The lowest BCUT2D eigenvalue weighted by molar-refractivity contribution is -0.127.